The summed E-state index contributed by atoms with van der Waals surface area (Å²) in [5, 5.41) is 2.96. The first kappa shape index (κ1) is 16.1. The van der Waals surface area contributed by atoms with Crippen molar-refractivity contribution in [3.63, 3.8) is 0 Å². The molecule has 0 aliphatic rings. The lowest BCUT2D eigenvalue weighted by Gasteiger charge is -2.07. The van der Waals surface area contributed by atoms with Gasteiger partial charge in [0.2, 0.25) is 5.91 Å². The van der Waals surface area contributed by atoms with Gasteiger partial charge in [-0.25, -0.2) is 4.98 Å². The third-order valence-electron chi connectivity index (χ3n) is 4.26. The Labute approximate surface area is 151 Å². The summed E-state index contributed by atoms with van der Waals surface area (Å²) in [5.74, 6) is 0.762. The molecular weight excluding hydrogens is 322 g/mol. The highest BCUT2D eigenvalue weighted by Gasteiger charge is 2.08. The highest BCUT2D eigenvalue weighted by Crippen LogP contribution is 2.23. The second-order valence-electron chi connectivity index (χ2n) is 6.40. The van der Waals surface area contributed by atoms with Crippen molar-refractivity contribution in [3.8, 4) is 11.4 Å². The summed E-state index contributed by atoms with van der Waals surface area (Å²) < 4.78 is 0. The second-order valence-corrected chi connectivity index (χ2v) is 6.40. The minimum absolute atomic E-state index is 0.0337. The van der Waals surface area contributed by atoms with E-state index in [9.17, 15) is 4.79 Å². The van der Waals surface area contributed by atoms with Crippen molar-refractivity contribution in [3.05, 3.63) is 83.9 Å². The van der Waals surface area contributed by atoms with Crippen LogP contribution in [0.15, 0.2) is 72.8 Å². The summed E-state index contributed by atoms with van der Waals surface area (Å²) in [6, 6.07) is 23.6. The summed E-state index contributed by atoms with van der Waals surface area (Å²) in [6.45, 7) is 2.06. The molecule has 0 unspecified atom stereocenters. The smallest absolute Gasteiger partial charge is 0.228 e. The number of anilines is 1. The molecule has 0 aliphatic heterocycles. The number of nitrogens with one attached hydrogen (secondary N) is 2. The summed E-state index contributed by atoms with van der Waals surface area (Å²) in [7, 11) is 0. The average Bonchev–Trinajstić information content (AvgIpc) is 3.06. The fourth-order valence-corrected chi connectivity index (χ4v) is 2.99. The number of imidazole rings is 1. The van der Waals surface area contributed by atoms with Crippen LogP contribution < -0.4 is 5.32 Å². The van der Waals surface area contributed by atoms with Crippen LogP contribution in [0, 0.1) is 6.92 Å². The van der Waals surface area contributed by atoms with Crippen molar-refractivity contribution in [2.24, 2.45) is 0 Å². The molecule has 4 rings (SSSR count). The number of hydrogen-bond acceptors (Lipinski definition) is 2. The van der Waals surface area contributed by atoms with Gasteiger partial charge in [-0.3, -0.25) is 4.79 Å². The van der Waals surface area contributed by atoms with Crippen LogP contribution in [0.25, 0.3) is 22.4 Å². The van der Waals surface area contributed by atoms with E-state index in [-0.39, 0.29) is 5.91 Å². The molecular formula is C22H19N3O. The first-order valence-electron chi connectivity index (χ1n) is 8.58. The van der Waals surface area contributed by atoms with Crippen LogP contribution in [0.4, 0.5) is 5.69 Å². The van der Waals surface area contributed by atoms with Crippen LogP contribution in [-0.4, -0.2) is 15.9 Å². The maximum Gasteiger partial charge on any atom is 0.228 e. The number of benzene rings is 3. The number of H-pyrrole nitrogens is 1. The van der Waals surface area contributed by atoms with Gasteiger partial charge in [-0.15, -0.1) is 0 Å². The Bertz CT molecular complexity index is 1070. The van der Waals surface area contributed by atoms with Gasteiger partial charge in [0.05, 0.1) is 17.5 Å². The number of hydrogen-bond donors (Lipinski definition) is 2. The van der Waals surface area contributed by atoms with Crippen LogP contribution in [-0.2, 0) is 11.2 Å². The lowest BCUT2D eigenvalue weighted by atomic mass is 10.1. The molecule has 1 heterocycles. The number of carbonyl (C=O) groups excluding carboxylic acids is 1. The van der Waals surface area contributed by atoms with Gasteiger partial charge in [0.1, 0.15) is 5.82 Å². The lowest BCUT2D eigenvalue weighted by Crippen LogP contribution is -2.14. The number of nitrogens with zero attached hydrogens (tertiary/aromatic N) is 1. The van der Waals surface area contributed by atoms with Gasteiger partial charge in [0, 0.05) is 11.3 Å². The Morgan fingerprint density at radius 3 is 2.69 bits per heavy atom. The zero-order chi connectivity index (χ0) is 17.9. The predicted molar refractivity (Wildman–Crippen MR) is 105 cm³/mol. The molecule has 0 saturated heterocycles. The first-order chi connectivity index (χ1) is 12.7. The van der Waals surface area contributed by atoms with E-state index in [1.54, 1.807) is 0 Å². The van der Waals surface area contributed by atoms with Gasteiger partial charge in [-0.05, 0) is 42.3 Å². The number of carbonyl (C=O) groups is 1. The van der Waals surface area contributed by atoms with Crippen molar-refractivity contribution < 1.29 is 4.79 Å². The highest BCUT2D eigenvalue weighted by molar-refractivity contribution is 5.93. The number of aromatic amines is 1. The topological polar surface area (TPSA) is 57.8 Å². The Morgan fingerprint density at radius 2 is 1.85 bits per heavy atom. The van der Waals surface area contributed by atoms with E-state index >= 15 is 0 Å². The van der Waals surface area contributed by atoms with Gasteiger partial charge in [-0.2, -0.15) is 0 Å². The molecule has 0 bridgehead atoms. The summed E-state index contributed by atoms with van der Waals surface area (Å²) in [5.41, 5.74) is 5.84. The first-order valence-corrected chi connectivity index (χ1v) is 8.58. The SMILES string of the molecule is Cc1ccc2nc(-c3cccc(NC(=O)Cc4ccccc4)c3)[nH]c2c1. The standard InChI is InChI=1S/C22H19N3O/c1-15-10-11-19-20(12-15)25-22(24-19)17-8-5-9-18(14-17)23-21(26)13-16-6-3-2-4-7-16/h2-12,14H,13H2,1H3,(H,23,26)(H,24,25). The molecule has 4 heteroatoms. The Hall–Kier alpha value is -3.40. The molecule has 0 atom stereocenters. The van der Waals surface area contributed by atoms with E-state index in [2.05, 4.69) is 28.3 Å². The van der Waals surface area contributed by atoms with E-state index < -0.39 is 0 Å². The molecule has 0 spiro atoms. The summed E-state index contributed by atoms with van der Waals surface area (Å²) >= 11 is 0. The van der Waals surface area contributed by atoms with Crippen LogP contribution in [0.3, 0.4) is 0 Å². The Morgan fingerprint density at radius 1 is 1.00 bits per heavy atom. The fraction of sp³-hybridized carbons (Fsp3) is 0.0909. The van der Waals surface area contributed by atoms with Gasteiger partial charge in [0.15, 0.2) is 0 Å². The molecule has 1 amide bonds. The zero-order valence-corrected chi connectivity index (χ0v) is 14.5. The molecule has 1 aromatic heterocycles. The van der Waals surface area contributed by atoms with E-state index in [0.29, 0.717) is 6.42 Å². The number of aromatic nitrogens is 2. The van der Waals surface area contributed by atoms with Crippen molar-refractivity contribution in [1.82, 2.24) is 9.97 Å². The average molecular weight is 341 g/mol. The Kier molecular flexibility index (Phi) is 4.23. The molecule has 2 N–H and O–H groups in total. The molecule has 4 aromatic rings. The second kappa shape index (κ2) is 6.84. The molecule has 0 fully saturated rings. The van der Waals surface area contributed by atoms with Crippen LogP contribution in [0.5, 0.6) is 0 Å². The van der Waals surface area contributed by atoms with Crippen LogP contribution >= 0.6 is 0 Å². The lowest BCUT2D eigenvalue weighted by molar-refractivity contribution is -0.115. The minimum atomic E-state index is -0.0337. The number of fused-ring (bicyclic) bond motifs is 1. The van der Waals surface area contributed by atoms with Crippen molar-refractivity contribution in [1.29, 1.82) is 0 Å². The monoisotopic (exact) mass is 341 g/mol. The molecule has 26 heavy (non-hydrogen) atoms. The van der Waals surface area contributed by atoms with Crippen LogP contribution in [0.2, 0.25) is 0 Å². The van der Waals surface area contributed by atoms with Gasteiger partial charge in [-0.1, -0.05) is 48.5 Å². The fourth-order valence-electron chi connectivity index (χ4n) is 2.99. The zero-order valence-electron chi connectivity index (χ0n) is 14.5. The number of amides is 1. The quantitative estimate of drug-likeness (QED) is 0.564. The molecule has 0 aliphatic carbocycles. The number of rotatable bonds is 4. The van der Waals surface area contributed by atoms with Crippen molar-refractivity contribution in [2.45, 2.75) is 13.3 Å². The predicted octanol–water partition coefficient (Wildman–Crippen LogP) is 4.72. The van der Waals surface area contributed by atoms with E-state index in [1.165, 1.54) is 5.56 Å². The van der Waals surface area contributed by atoms with Gasteiger partial charge >= 0.3 is 0 Å². The minimum Gasteiger partial charge on any atom is -0.338 e. The van der Waals surface area contributed by atoms with Crippen LogP contribution in [0.1, 0.15) is 11.1 Å². The van der Waals surface area contributed by atoms with Gasteiger partial charge < -0.3 is 10.3 Å². The molecule has 0 saturated carbocycles. The largest absolute Gasteiger partial charge is 0.338 e. The summed E-state index contributed by atoms with van der Waals surface area (Å²) in [6.07, 6.45) is 0.356. The third kappa shape index (κ3) is 3.49. The molecule has 128 valence electrons. The third-order valence-corrected chi connectivity index (χ3v) is 4.26. The highest BCUT2D eigenvalue weighted by atomic mass is 16.1. The van der Waals surface area contributed by atoms with Crippen molar-refractivity contribution in [2.75, 3.05) is 5.32 Å². The Balaban J connectivity index is 1.55. The number of aryl methyl sites for hydroxylation is 1. The summed E-state index contributed by atoms with van der Waals surface area (Å²) in [4.78, 5) is 20.3. The maximum atomic E-state index is 12.3. The normalized spacial score (nSPS) is 10.8. The molecule has 4 nitrogen and oxygen atoms in total. The van der Waals surface area contributed by atoms with Gasteiger partial charge in [0.25, 0.3) is 0 Å². The maximum absolute atomic E-state index is 12.3. The van der Waals surface area contributed by atoms with E-state index in [4.69, 9.17) is 0 Å². The van der Waals surface area contributed by atoms with E-state index in [0.717, 1.165) is 33.7 Å². The molecule has 3 aromatic carbocycles. The van der Waals surface area contributed by atoms with E-state index in [1.807, 2.05) is 66.7 Å². The molecule has 0 radical (unpaired) electrons. The van der Waals surface area contributed by atoms with Crippen molar-refractivity contribution >= 4 is 22.6 Å².